The number of thiocarbonyl (C=S) groups is 1. The topological polar surface area (TPSA) is 27.3 Å². The van der Waals surface area contributed by atoms with Crippen molar-refractivity contribution in [2.24, 2.45) is 5.92 Å². The van der Waals surface area contributed by atoms with Gasteiger partial charge >= 0.3 is 12.4 Å². The standard InChI is InChI=1S/C20H27F6N3S/c1-13(2)8-17(12-29-6-4-3-5-7-29)28-18(30)27-16-10-14(19(21,22)23)9-15(11-16)20(24,25)26/h9-11,13,17H,3-8,12H2,1-2H3,(H2,27,28,30)/t17-/m1/s1. The van der Waals surface area contributed by atoms with Crippen LogP contribution in [-0.4, -0.2) is 35.7 Å². The van der Waals surface area contributed by atoms with E-state index in [4.69, 9.17) is 12.2 Å². The molecule has 2 N–H and O–H groups in total. The lowest BCUT2D eigenvalue weighted by Crippen LogP contribution is -2.47. The molecule has 10 heteroatoms. The Balaban J connectivity index is 2.13. The lowest BCUT2D eigenvalue weighted by molar-refractivity contribution is -0.143. The normalized spacial score (nSPS) is 17.1. The number of halogens is 6. The summed E-state index contributed by atoms with van der Waals surface area (Å²) in [4.78, 5) is 2.30. The molecule has 0 amide bonds. The molecule has 30 heavy (non-hydrogen) atoms. The zero-order valence-corrected chi connectivity index (χ0v) is 17.8. The van der Waals surface area contributed by atoms with Gasteiger partial charge in [0.1, 0.15) is 0 Å². The van der Waals surface area contributed by atoms with Crippen LogP contribution in [0.1, 0.15) is 50.7 Å². The molecule has 1 aromatic rings. The zero-order valence-electron chi connectivity index (χ0n) is 17.0. The lowest BCUT2D eigenvalue weighted by Gasteiger charge is -2.32. The summed E-state index contributed by atoms with van der Waals surface area (Å²) in [6.45, 7) is 6.75. The largest absolute Gasteiger partial charge is 0.416 e. The van der Waals surface area contributed by atoms with E-state index < -0.39 is 23.5 Å². The number of anilines is 1. The second kappa shape index (κ2) is 10.2. The van der Waals surface area contributed by atoms with Crippen LogP contribution < -0.4 is 10.6 Å². The van der Waals surface area contributed by atoms with Gasteiger partial charge in [0.05, 0.1) is 11.1 Å². The van der Waals surface area contributed by atoms with Crippen LogP contribution in [0.2, 0.25) is 0 Å². The third-order valence-corrected chi connectivity index (χ3v) is 5.08. The van der Waals surface area contributed by atoms with Crippen molar-refractivity contribution in [2.45, 2.75) is 57.9 Å². The SMILES string of the molecule is CC(C)C[C@H](CN1CCCCC1)NC(=S)Nc1cc(C(F)(F)F)cc(C(F)(F)F)c1. The second-order valence-corrected chi connectivity index (χ2v) is 8.49. The Labute approximate surface area is 178 Å². The molecule has 1 atom stereocenters. The molecule has 0 spiro atoms. The average Bonchev–Trinajstić information content (AvgIpc) is 2.60. The highest BCUT2D eigenvalue weighted by Crippen LogP contribution is 2.37. The first-order valence-electron chi connectivity index (χ1n) is 9.94. The first kappa shape index (κ1) is 24.7. The second-order valence-electron chi connectivity index (χ2n) is 8.08. The van der Waals surface area contributed by atoms with Gasteiger partial charge in [0.25, 0.3) is 0 Å². The summed E-state index contributed by atoms with van der Waals surface area (Å²) in [6.07, 6.45) is -5.62. The Kier molecular flexibility index (Phi) is 8.38. The molecule has 1 fully saturated rings. The quantitative estimate of drug-likeness (QED) is 0.412. The molecule has 0 saturated carbocycles. The van der Waals surface area contributed by atoms with Crippen molar-refractivity contribution < 1.29 is 26.3 Å². The first-order valence-corrected chi connectivity index (χ1v) is 10.3. The van der Waals surface area contributed by atoms with Crippen molar-refractivity contribution in [1.29, 1.82) is 0 Å². The van der Waals surface area contributed by atoms with Crippen LogP contribution in [-0.2, 0) is 12.4 Å². The maximum Gasteiger partial charge on any atom is 0.416 e. The van der Waals surface area contributed by atoms with Crippen molar-refractivity contribution in [1.82, 2.24) is 10.2 Å². The molecule has 0 radical (unpaired) electrons. The fourth-order valence-corrected chi connectivity index (χ4v) is 3.87. The van der Waals surface area contributed by atoms with Crippen molar-refractivity contribution in [3.63, 3.8) is 0 Å². The van der Waals surface area contributed by atoms with Crippen molar-refractivity contribution in [2.75, 3.05) is 25.0 Å². The van der Waals surface area contributed by atoms with Crippen LogP contribution in [0.5, 0.6) is 0 Å². The molecule has 0 aliphatic carbocycles. The number of piperidine rings is 1. The van der Waals surface area contributed by atoms with Gasteiger partial charge < -0.3 is 15.5 Å². The fraction of sp³-hybridized carbons (Fsp3) is 0.650. The minimum atomic E-state index is -4.90. The van der Waals surface area contributed by atoms with E-state index in [9.17, 15) is 26.3 Å². The summed E-state index contributed by atoms with van der Waals surface area (Å²) in [5.41, 5.74) is -3.11. The molecular formula is C20H27F6N3S. The number of rotatable bonds is 6. The molecule has 170 valence electrons. The van der Waals surface area contributed by atoms with Crippen LogP contribution >= 0.6 is 12.2 Å². The Bertz CT molecular complexity index is 679. The van der Waals surface area contributed by atoms with Gasteiger partial charge in [0, 0.05) is 18.3 Å². The van der Waals surface area contributed by atoms with E-state index in [1.165, 1.54) is 6.42 Å². The fourth-order valence-electron chi connectivity index (χ4n) is 3.58. The Hall–Kier alpha value is -1.55. The molecule has 1 heterocycles. The van der Waals surface area contributed by atoms with E-state index in [0.29, 0.717) is 18.1 Å². The number of nitrogens with zero attached hydrogens (tertiary/aromatic N) is 1. The van der Waals surface area contributed by atoms with Crippen molar-refractivity contribution in [3.05, 3.63) is 29.3 Å². The van der Waals surface area contributed by atoms with Gasteiger partial charge in [-0.25, -0.2) is 0 Å². The van der Waals surface area contributed by atoms with Crippen molar-refractivity contribution in [3.8, 4) is 0 Å². The molecule has 3 nitrogen and oxygen atoms in total. The number of hydrogen-bond acceptors (Lipinski definition) is 2. The van der Waals surface area contributed by atoms with E-state index in [0.717, 1.165) is 38.9 Å². The minimum absolute atomic E-state index is 0.00473. The highest BCUT2D eigenvalue weighted by Gasteiger charge is 2.37. The maximum atomic E-state index is 13.0. The van der Waals surface area contributed by atoms with Crippen molar-refractivity contribution >= 4 is 23.0 Å². The molecule has 1 aliphatic rings. The molecule has 0 unspecified atom stereocenters. The van der Waals surface area contributed by atoms with Gasteiger partial charge in [-0.3, -0.25) is 0 Å². The monoisotopic (exact) mass is 455 g/mol. The highest BCUT2D eigenvalue weighted by atomic mass is 32.1. The number of nitrogens with one attached hydrogen (secondary N) is 2. The smallest absolute Gasteiger partial charge is 0.358 e. The van der Waals surface area contributed by atoms with Gasteiger partial charge in [0.15, 0.2) is 5.11 Å². The third kappa shape index (κ3) is 7.94. The molecule has 0 aromatic heterocycles. The number of likely N-dealkylation sites (tertiary alicyclic amines) is 1. The molecule has 1 aliphatic heterocycles. The van der Waals surface area contributed by atoms with E-state index in [-0.39, 0.29) is 22.9 Å². The molecule has 2 rings (SSSR count). The summed E-state index contributed by atoms with van der Waals surface area (Å²) < 4.78 is 78.2. The van der Waals surface area contributed by atoms with Crippen LogP contribution in [0.25, 0.3) is 0 Å². The van der Waals surface area contributed by atoms with E-state index in [2.05, 4.69) is 15.5 Å². The molecule has 1 aromatic carbocycles. The average molecular weight is 456 g/mol. The Morgan fingerprint density at radius 2 is 1.50 bits per heavy atom. The van der Waals surface area contributed by atoms with Crippen LogP contribution in [0, 0.1) is 5.92 Å². The summed E-state index contributed by atoms with van der Waals surface area (Å²) in [6, 6.07) is 1.30. The van der Waals surface area contributed by atoms with Crippen LogP contribution in [0.4, 0.5) is 32.0 Å². The highest BCUT2D eigenvalue weighted by molar-refractivity contribution is 7.80. The number of benzene rings is 1. The van der Waals surface area contributed by atoms with Gasteiger partial charge in [-0.2, -0.15) is 26.3 Å². The van der Waals surface area contributed by atoms with Gasteiger partial charge in [-0.15, -0.1) is 0 Å². The minimum Gasteiger partial charge on any atom is -0.358 e. The van der Waals surface area contributed by atoms with E-state index in [1.54, 1.807) is 0 Å². The molecule has 1 saturated heterocycles. The van der Waals surface area contributed by atoms with E-state index >= 15 is 0 Å². The van der Waals surface area contributed by atoms with Crippen LogP contribution in [0.15, 0.2) is 18.2 Å². The van der Waals surface area contributed by atoms with Gasteiger partial charge in [-0.1, -0.05) is 20.3 Å². The third-order valence-electron chi connectivity index (χ3n) is 4.86. The summed E-state index contributed by atoms with van der Waals surface area (Å²) in [5.74, 6) is 0.348. The predicted molar refractivity (Wildman–Crippen MR) is 109 cm³/mol. The summed E-state index contributed by atoms with van der Waals surface area (Å²) in [7, 11) is 0. The number of hydrogen-bond donors (Lipinski definition) is 2. The maximum absolute atomic E-state index is 13.0. The first-order chi connectivity index (χ1) is 13.8. The van der Waals surface area contributed by atoms with E-state index in [1.807, 2.05) is 13.8 Å². The van der Waals surface area contributed by atoms with Crippen LogP contribution in [0.3, 0.4) is 0 Å². The Morgan fingerprint density at radius 1 is 0.967 bits per heavy atom. The summed E-state index contributed by atoms with van der Waals surface area (Å²) >= 11 is 5.20. The molecular weight excluding hydrogens is 428 g/mol. The van der Waals surface area contributed by atoms with Gasteiger partial charge in [-0.05, 0) is 68.7 Å². The lowest BCUT2D eigenvalue weighted by atomic mass is 10.0. The van der Waals surface area contributed by atoms with Gasteiger partial charge in [0.2, 0.25) is 0 Å². The Morgan fingerprint density at radius 3 is 1.97 bits per heavy atom. The predicted octanol–water partition coefficient (Wildman–Crippen LogP) is 5.91. The number of alkyl halides is 6. The zero-order chi connectivity index (χ0) is 22.5. The molecule has 0 bridgehead atoms. The summed E-state index contributed by atoms with van der Waals surface area (Å²) in [5, 5.41) is 5.59.